The van der Waals surface area contributed by atoms with Gasteiger partial charge in [0.15, 0.2) is 0 Å². The quantitative estimate of drug-likeness (QED) is 0.515. The Balaban J connectivity index is 1.61. The molecular formula is C25H24N2O. The van der Waals surface area contributed by atoms with Crippen LogP contribution in [0.25, 0.3) is 28.2 Å². The van der Waals surface area contributed by atoms with Gasteiger partial charge in [0.05, 0.1) is 5.69 Å². The lowest BCUT2D eigenvalue weighted by Gasteiger charge is -2.11. The molecule has 4 aromatic rings. The van der Waals surface area contributed by atoms with E-state index in [-0.39, 0.29) is 6.61 Å². The highest BCUT2D eigenvalue weighted by Crippen LogP contribution is 2.25. The molecule has 0 amide bonds. The smallest absolute Gasteiger partial charge is 0.137 e. The van der Waals surface area contributed by atoms with E-state index in [1.165, 1.54) is 22.5 Å². The van der Waals surface area contributed by atoms with Crippen LogP contribution in [0.4, 0.5) is 0 Å². The molecule has 0 saturated carbocycles. The maximum Gasteiger partial charge on any atom is 0.137 e. The summed E-state index contributed by atoms with van der Waals surface area (Å²) in [5.41, 5.74) is 7.93. The predicted octanol–water partition coefficient (Wildman–Crippen LogP) is 5.36. The van der Waals surface area contributed by atoms with Crippen LogP contribution < -0.4 is 0 Å². The van der Waals surface area contributed by atoms with Crippen LogP contribution in [0, 0.1) is 13.8 Å². The van der Waals surface area contributed by atoms with Gasteiger partial charge in [-0.15, -0.1) is 0 Å². The Kier molecular flexibility index (Phi) is 5.09. The molecule has 0 atom stereocenters. The van der Waals surface area contributed by atoms with E-state index < -0.39 is 0 Å². The minimum absolute atomic E-state index is 0.183. The topological polar surface area (TPSA) is 38.0 Å². The molecule has 0 unspecified atom stereocenters. The molecule has 28 heavy (non-hydrogen) atoms. The van der Waals surface area contributed by atoms with Crippen molar-refractivity contribution < 1.29 is 5.11 Å². The third-order valence-corrected chi connectivity index (χ3v) is 5.10. The zero-order valence-electron chi connectivity index (χ0n) is 16.3. The first-order chi connectivity index (χ1) is 13.7. The zero-order valence-corrected chi connectivity index (χ0v) is 16.3. The Morgan fingerprint density at radius 3 is 1.89 bits per heavy atom. The highest BCUT2D eigenvalue weighted by molar-refractivity contribution is 5.69. The lowest BCUT2D eigenvalue weighted by Crippen LogP contribution is -2.02. The molecule has 0 spiro atoms. The number of nitrogens with zero attached hydrogens (tertiary/aromatic N) is 2. The Morgan fingerprint density at radius 2 is 1.29 bits per heavy atom. The van der Waals surface area contributed by atoms with Crippen LogP contribution in [0.2, 0.25) is 0 Å². The predicted molar refractivity (Wildman–Crippen MR) is 115 cm³/mol. The average Bonchev–Trinajstić information content (AvgIpc) is 3.07. The van der Waals surface area contributed by atoms with E-state index in [1.54, 1.807) is 0 Å². The third-order valence-electron chi connectivity index (χ3n) is 5.10. The van der Waals surface area contributed by atoms with E-state index in [4.69, 9.17) is 10.1 Å². The number of aryl methyl sites for hydroxylation is 2. The van der Waals surface area contributed by atoms with Gasteiger partial charge < -0.3 is 9.67 Å². The normalized spacial score (nSPS) is 11.0. The van der Waals surface area contributed by atoms with Crippen LogP contribution in [-0.2, 0) is 6.42 Å². The second kappa shape index (κ2) is 7.83. The van der Waals surface area contributed by atoms with Crippen molar-refractivity contribution in [2.75, 3.05) is 6.61 Å². The second-order valence-corrected chi connectivity index (χ2v) is 7.08. The number of aliphatic hydroxyl groups excluding tert-OH is 1. The number of pyridine rings is 1. The maximum absolute atomic E-state index is 9.05. The molecule has 2 aromatic carbocycles. The molecule has 0 aliphatic rings. The van der Waals surface area contributed by atoms with Gasteiger partial charge >= 0.3 is 0 Å². The van der Waals surface area contributed by atoms with E-state index in [9.17, 15) is 0 Å². The van der Waals surface area contributed by atoms with Crippen LogP contribution in [0.1, 0.15) is 17.0 Å². The molecule has 0 aliphatic carbocycles. The van der Waals surface area contributed by atoms with Crippen molar-refractivity contribution in [1.29, 1.82) is 0 Å². The molecule has 1 N–H and O–H groups in total. The maximum atomic E-state index is 9.05. The van der Waals surface area contributed by atoms with E-state index >= 15 is 0 Å². The minimum atomic E-state index is 0.183. The molecule has 0 saturated heterocycles. The summed E-state index contributed by atoms with van der Waals surface area (Å²) in [6.07, 6.45) is 0.696. The number of rotatable bonds is 5. The van der Waals surface area contributed by atoms with Crippen LogP contribution in [0.3, 0.4) is 0 Å². The summed E-state index contributed by atoms with van der Waals surface area (Å²) in [7, 11) is 0. The van der Waals surface area contributed by atoms with Crippen LogP contribution >= 0.6 is 0 Å². The van der Waals surface area contributed by atoms with Gasteiger partial charge in [0.25, 0.3) is 0 Å². The molecule has 0 aliphatic heterocycles. The Bertz CT molecular complexity index is 1060. The van der Waals surface area contributed by atoms with Gasteiger partial charge in [-0.3, -0.25) is 0 Å². The fourth-order valence-electron chi connectivity index (χ4n) is 3.56. The van der Waals surface area contributed by atoms with E-state index in [0.717, 1.165) is 22.6 Å². The van der Waals surface area contributed by atoms with Gasteiger partial charge in [0.1, 0.15) is 5.82 Å². The summed E-state index contributed by atoms with van der Waals surface area (Å²) in [6.45, 7) is 4.38. The molecule has 140 valence electrons. The highest BCUT2D eigenvalue weighted by atomic mass is 16.2. The molecule has 2 heterocycles. The van der Waals surface area contributed by atoms with Gasteiger partial charge in [0.2, 0.25) is 0 Å². The number of hydrogen-bond acceptors (Lipinski definition) is 2. The van der Waals surface area contributed by atoms with Crippen molar-refractivity contribution >= 4 is 0 Å². The summed E-state index contributed by atoms with van der Waals surface area (Å²) in [4.78, 5) is 4.88. The number of aromatic nitrogens is 2. The largest absolute Gasteiger partial charge is 0.396 e. The Hall–Kier alpha value is -3.17. The van der Waals surface area contributed by atoms with E-state index in [2.05, 4.69) is 91.2 Å². The van der Waals surface area contributed by atoms with Crippen molar-refractivity contribution in [3.63, 3.8) is 0 Å². The summed E-state index contributed by atoms with van der Waals surface area (Å²) in [5.74, 6) is 0.945. The number of aliphatic hydroxyl groups is 1. The van der Waals surface area contributed by atoms with Crippen molar-refractivity contribution in [2.24, 2.45) is 0 Å². The third kappa shape index (κ3) is 3.62. The van der Waals surface area contributed by atoms with Crippen molar-refractivity contribution in [3.8, 4) is 28.2 Å². The lowest BCUT2D eigenvalue weighted by molar-refractivity contribution is 0.299. The monoisotopic (exact) mass is 368 g/mol. The first-order valence-electron chi connectivity index (χ1n) is 9.59. The molecule has 2 aromatic heterocycles. The summed E-state index contributed by atoms with van der Waals surface area (Å²) >= 11 is 0. The van der Waals surface area contributed by atoms with Crippen LogP contribution in [-0.4, -0.2) is 21.3 Å². The number of benzene rings is 2. The van der Waals surface area contributed by atoms with Crippen LogP contribution in [0.15, 0.2) is 78.9 Å². The lowest BCUT2D eigenvalue weighted by atomic mass is 10.0. The molecule has 3 heteroatoms. The Labute approximate surface area is 165 Å². The molecule has 0 radical (unpaired) electrons. The van der Waals surface area contributed by atoms with Crippen molar-refractivity contribution in [1.82, 2.24) is 9.55 Å². The molecular weight excluding hydrogens is 344 g/mol. The van der Waals surface area contributed by atoms with E-state index in [0.29, 0.717) is 6.42 Å². The first-order valence-corrected chi connectivity index (χ1v) is 9.59. The van der Waals surface area contributed by atoms with Gasteiger partial charge in [-0.25, -0.2) is 4.98 Å². The molecule has 0 bridgehead atoms. The van der Waals surface area contributed by atoms with Gasteiger partial charge in [-0.05, 0) is 61.2 Å². The van der Waals surface area contributed by atoms with Crippen molar-refractivity contribution in [3.05, 3.63) is 95.8 Å². The summed E-state index contributed by atoms with van der Waals surface area (Å²) in [6, 6.07) is 27.3. The Morgan fingerprint density at radius 1 is 0.714 bits per heavy atom. The van der Waals surface area contributed by atoms with Gasteiger partial charge in [-0.2, -0.15) is 0 Å². The molecule has 3 nitrogen and oxygen atoms in total. The van der Waals surface area contributed by atoms with Gasteiger partial charge in [-0.1, -0.05) is 54.6 Å². The standard InChI is InChI=1S/C25H24N2O/c1-18-6-7-19(2)27(18)25-5-3-4-24(26-25)23-14-12-22(13-15-23)21-10-8-20(9-11-21)16-17-28/h3-15,28H,16-17H2,1-2H3. The summed E-state index contributed by atoms with van der Waals surface area (Å²) < 4.78 is 2.17. The van der Waals surface area contributed by atoms with E-state index in [1.807, 2.05) is 6.07 Å². The minimum Gasteiger partial charge on any atom is -0.396 e. The second-order valence-electron chi connectivity index (χ2n) is 7.08. The van der Waals surface area contributed by atoms with Gasteiger partial charge in [0, 0.05) is 23.6 Å². The van der Waals surface area contributed by atoms with Crippen molar-refractivity contribution in [2.45, 2.75) is 20.3 Å². The fraction of sp³-hybridized carbons (Fsp3) is 0.160. The summed E-state index contributed by atoms with van der Waals surface area (Å²) in [5, 5.41) is 9.05. The SMILES string of the molecule is Cc1ccc(C)n1-c1cccc(-c2ccc(-c3ccc(CCO)cc3)cc2)n1. The van der Waals surface area contributed by atoms with Crippen LogP contribution in [0.5, 0.6) is 0 Å². The highest BCUT2D eigenvalue weighted by Gasteiger charge is 2.07. The molecule has 4 rings (SSSR count). The zero-order chi connectivity index (χ0) is 19.5. The average molecular weight is 368 g/mol. The number of hydrogen-bond donors (Lipinski definition) is 1. The molecule has 0 fully saturated rings. The fourth-order valence-corrected chi connectivity index (χ4v) is 3.56. The first kappa shape index (κ1) is 18.2.